The van der Waals surface area contributed by atoms with Crippen LogP contribution in [0.1, 0.15) is 13.3 Å². The Bertz CT molecular complexity index is 1240. The molecule has 4 aromatic rings. The van der Waals surface area contributed by atoms with Gasteiger partial charge >= 0.3 is 0 Å². The Kier molecular flexibility index (Phi) is 5.06. The van der Waals surface area contributed by atoms with Crippen molar-refractivity contribution in [2.75, 3.05) is 11.4 Å². The van der Waals surface area contributed by atoms with E-state index in [-0.39, 0.29) is 24.4 Å². The molecule has 9 heteroatoms. The van der Waals surface area contributed by atoms with Gasteiger partial charge in [0.25, 0.3) is 5.56 Å². The molecule has 0 aliphatic heterocycles. The third kappa shape index (κ3) is 3.48. The lowest BCUT2D eigenvalue weighted by molar-refractivity contribution is -0.118. The second-order valence-corrected chi connectivity index (χ2v) is 7.58. The summed E-state index contributed by atoms with van der Waals surface area (Å²) in [5.41, 5.74) is 1.05. The lowest BCUT2D eigenvalue weighted by Crippen LogP contribution is -2.33. The Balaban J connectivity index is 1.54. The molecule has 0 fully saturated rings. The number of thiazole rings is 1. The maximum atomic E-state index is 12.8. The van der Waals surface area contributed by atoms with Gasteiger partial charge in [-0.05, 0) is 37.3 Å². The molecule has 0 aliphatic carbocycles. The summed E-state index contributed by atoms with van der Waals surface area (Å²) in [4.78, 5) is 31.4. The van der Waals surface area contributed by atoms with Gasteiger partial charge in [-0.25, -0.2) is 9.67 Å². The van der Waals surface area contributed by atoms with Gasteiger partial charge in [-0.15, -0.1) is 5.10 Å². The van der Waals surface area contributed by atoms with Gasteiger partial charge < -0.3 is 0 Å². The lowest BCUT2D eigenvalue weighted by atomic mass is 10.2. The van der Waals surface area contributed by atoms with Crippen LogP contribution in [0.5, 0.6) is 0 Å². The number of nitrogens with zero attached hydrogens (tertiary/aromatic N) is 5. The van der Waals surface area contributed by atoms with Crippen LogP contribution in [0.4, 0.5) is 5.13 Å². The molecule has 0 spiro atoms. The summed E-state index contributed by atoms with van der Waals surface area (Å²) in [5.74, 6) is -0.130. The summed E-state index contributed by atoms with van der Waals surface area (Å²) in [6.45, 7) is 2.52. The summed E-state index contributed by atoms with van der Waals surface area (Å²) in [6.07, 6.45) is 0.122. The molecule has 0 atom stereocenters. The first-order chi connectivity index (χ1) is 13.6. The fraction of sp³-hybridized carbons (Fsp3) is 0.211. The van der Waals surface area contributed by atoms with E-state index in [1.165, 1.54) is 16.0 Å². The van der Waals surface area contributed by atoms with Gasteiger partial charge in [0.15, 0.2) is 5.13 Å². The van der Waals surface area contributed by atoms with Gasteiger partial charge in [0.1, 0.15) is 5.52 Å². The Labute approximate surface area is 169 Å². The molecule has 1 amide bonds. The number of aromatic nitrogens is 4. The van der Waals surface area contributed by atoms with Crippen molar-refractivity contribution in [2.45, 2.75) is 19.9 Å². The van der Waals surface area contributed by atoms with Gasteiger partial charge in [-0.3, -0.25) is 14.5 Å². The monoisotopic (exact) mass is 413 g/mol. The van der Waals surface area contributed by atoms with Crippen molar-refractivity contribution in [3.05, 3.63) is 57.8 Å². The first-order valence-corrected chi connectivity index (χ1v) is 9.95. The number of halogens is 1. The number of aryl methyl sites for hydroxylation is 1. The van der Waals surface area contributed by atoms with Crippen molar-refractivity contribution in [3.63, 3.8) is 0 Å². The summed E-state index contributed by atoms with van der Waals surface area (Å²) in [6, 6.07) is 12.5. The first kappa shape index (κ1) is 18.5. The quantitative estimate of drug-likeness (QED) is 0.500. The average Bonchev–Trinajstić information content (AvgIpc) is 3.11. The van der Waals surface area contributed by atoms with Crippen LogP contribution >= 0.6 is 22.9 Å². The van der Waals surface area contributed by atoms with E-state index in [2.05, 4.69) is 15.3 Å². The molecule has 0 saturated heterocycles. The Hall–Kier alpha value is -2.84. The van der Waals surface area contributed by atoms with E-state index in [0.29, 0.717) is 27.6 Å². The second-order valence-electron chi connectivity index (χ2n) is 6.13. The number of fused-ring (bicyclic) bond motifs is 2. The van der Waals surface area contributed by atoms with Gasteiger partial charge in [0.05, 0.1) is 22.1 Å². The normalized spacial score (nSPS) is 11.2. The van der Waals surface area contributed by atoms with E-state index in [1.807, 2.05) is 13.0 Å². The summed E-state index contributed by atoms with van der Waals surface area (Å²) >= 11 is 7.45. The molecular weight excluding hydrogens is 398 g/mol. The minimum Gasteiger partial charge on any atom is -0.288 e. The van der Waals surface area contributed by atoms with Crippen LogP contribution in [0.2, 0.25) is 5.02 Å². The van der Waals surface area contributed by atoms with E-state index in [9.17, 15) is 9.59 Å². The van der Waals surface area contributed by atoms with Gasteiger partial charge in [0, 0.05) is 18.0 Å². The van der Waals surface area contributed by atoms with Crippen LogP contribution < -0.4 is 10.5 Å². The third-order valence-electron chi connectivity index (χ3n) is 4.35. The SMILES string of the molecule is CCN(C(=O)CCn1nnc2ccccc2c1=O)c1nc2cc(Cl)ccc2s1. The van der Waals surface area contributed by atoms with E-state index in [0.717, 1.165) is 10.2 Å². The van der Waals surface area contributed by atoms with Crippen LogP contribution in [-0.4, -0.2) is 32.4 Å². The highest BCUT2D eigenvalue weighted by Gasteiger charge is 2.19. The van der Waals surface area contributed by atoms with E-state index in [4.69, 9.17) is 11.6 Å². The molecule has 7 nitrogen and oxygen atoms in total. The molecule has 2 aromatic heterocycles. The van der Waals surface area contributed by atoms with Crippen LogP contribution in [-0.2, 0) is 11.3 Å². The highest BCUT2D eigenvalue weighted by molar-refractivity contribution is 7.22. The molecule has 0 unspecified atom stereocenters. The number of hydrogen-bond acceptors (Lipinski definition) is 6. The zero-order valence-electron chi connectivity index (χ0n) is 15.0. The molecular formula is C19H16ClN5O2S. The van der Waals surface area contributed by atoms with Gasteiger partial charge in [-0.2, -0.15) is 0 Å². The van der Waals surface area contributed by atoms with Gasteiger partial charge in [0.2, 0.25) is 5.91 Å². The zero-order valence-corrected chi connectivity index (χ0v) is 16.6. The first-order valence-electron chi connectivity index (χ1n) is 8.76. The average molecular weight is 414 g/mol. The largest absolute Gasteiger partial charge is 0.288 e. The standard InChI is InChI=1S/C19H16ClN5O2S/c1-2-24(19-21-15-11-12(20)7-8-16(15)28-19)17(26)9-10-25-18(27)13-5-3-4-6-14(13)22-23-25/h3-8,11H,2,9-10H2,1H3. The number of carbonyl (C=O) groups is 1. The second kappa shape index (κ2) is 7.65. The maximum absolute atomic E-state index is 12.8. The van der Waals surface area contributed by atoms with Crippen LogP contribution in [0.15, 0.2) is 47.3 Å². The van der Waals surface area contributed by atoms with Crippen molar-refractivity contribution >= 4 is 55.1 Å². The number of amides is 1. The fourth-order valence-electron chi connectivity index (χ4n) is 2.93. The molecule has 2 heterocycles. The molecule has 4 rings (SSSR count). The minimum atomic E-state index is -0.254. The maximum Gasteiger partial charge on any atom is 0.277 e. The van der Waals surface area contributed by atoms with Crippen molar-refractivity contribution < 1.29 is 4.79 Å². The molecule has 0 bridgehead atoms. The number of rotatable bonds is 5. The molecule has 0 aliphatic rings. The third-order valence-corrected chi connectivity index (χ3v) is 5.65. The van der Waals surface area contributed by atoms with E-state index >= 15 is 0 Å². The number of hydrogen-bond donors (Lipinski definition) is 0. The molecule has 0 radical (unpaired) electrons. The molecule has 142 valence electrons. The van der Waals surface area contributed by atoms with E-state index < -0.39 is 0 Å². The zero-order chi connectivity index (χ0) is 19.7. The van der Waals surface area contributed by atoms with E-state index in [1.54, 1.807) is 41.3 Å². The van der Waals surface area contributed by atoms with Crippen molar-refractivity contribution in [1.82, 2.24) is 20.0 Å². The predicted octanol–water partition coefficient (Wildman–Crippen LogP) is 3.50. The summed E-state index contributed by atoms with van der Waals surface area (Å²) in [7, 11) is 0. The fourth-order valence-corrected chi connectivity index (χ4v) is 4.12. The summed E-state index contributed by atoms with van der Waals surface area (Å²) in [5, 5.41) is 9.69. The highest BCUT2D eigenvalue weighted by atomic mass is 35.5. The van der Waals surface area contributed by atoms with Crippen LogP contribution in [0, 0.1) is 0 Å². The Morgan fingerprint density at radius 1 is 1.21 bits per heavy atom. The molecule has 2 aromatic carbocycles. The lowest BCUT2D eigenvalue weighted by Gasteiger charge is -2.17. The predicted molar refractivity (Wildman–Crippen MR) is 111 cm³/mol. The van der Waals surface area contributed by atoms with Crippen LogP contribution in [0.25, 0.3) is 21.1 Å². The van der Waals surface area contributed by atoms with Crippen LogP contribution in [0.3, 0.4) is 0 Å². The van der Waals surface area contributed by atoms with Crippen molar-refractivity contribution in [2.24, 2.45) is 0 Å². The number of benzene rings is 2. The van der Waals surface area contributed by atoms with Crippen molar-refractivity contribution in [1.29, 1.82) is 0 Å². The number of carbonyl (C=O) groups excluding carboxylic acids is 1. The topological polar surface area (TPSA) is 81.0 Å². The Morgan fingerprint density at radius 3 is 2.86 bits per heavy atom. The minimum absolute atomic E-state index is 0.122. The molecule has 28 heavy (non-hydrogen) atoms. The van der Waals surface area contributed by atoms with Crippen molar-refractivity contribution in [3.8, 4) is 0 Å². The Morgan fingerprint density at radius 2 is 2.04 bits per heavy atom. The smallest absolute Gasteiger partial charge is 0.277 e. The summed E-state index contributed by atoms with van der Waals surface area (Å²) < 4.78 is 2.19. The molecule has 0 N–H and O–H groups in total. The van der Waals surface area contributed by atoms with Gasteiger partial charge in [-0.1, -0.05) is 40.3 Å². The molecule has 0 saturated carbocycles. The highest BCUT2D eigenvalue weighted by Crippen LogP contribution is 2.30. The number of anilines is 1.